The van der Waals surface area contributed by atoms with E-state index in [1.165, 1.54) is 6.42 Å². The molecule has 0 radical (unpaired) electrons. The van der Waals surface area contributed by atoms with Crippen LogP contribution in [0.3, 0.4) is 0 Å². The normalized spacial score (nSPS) is 22.1. The summed E-state index contributed by atoms with van der Waals surface area (Å²) >= 11 is 0. The Hall–Kier alpha value is -1.09. The number of hydrogen-bond donors (Lipinski definition) is 1. The number of rotatable bonds is 4. The van der Waals surface area contributed by atoms with Crippen molar-refractivity contribution in [3.8, 4) is 5.75 Å². The molecule has 1 aliphatic heterocycles. The average Bonchev–Trinajstić information content (AvgIpc) is 2.40. The zero-order valence-electron chi connectivity index (χ0n) is 10.3. The lowest BCUT2D eigenvalue weighted by molar-refractivity contribution is 0.242. The van der Waals surface area contributed by atoms with Gasteiger partial charge in [0, 0.05) is 0 Å². The van der Waals surface area contributed by atoms with Crippen molar-refractivity contribution in [2.24, 2.45) is 5.92 Å². The number of hydrogen-bond acceptors (Lipinski definition) is 2. The minimum atomic E-state index is -0.856. The van der Waals surface area contributed by atoms with Gasteiger partial charge >= 0.3 is 0 Å². The highest BCUT2D eigenvalue weighted by atomic mass is 19.1. The molecule has 1 fully saturated rings. The zero-order chi connectivity index (χ0) is 12.1. The number of nitrogens with one attached hydrogen (secondary N) is 1. The third-order valence-corrected chi connectivity index (χ3v) is 3.42. The summed E-state index contributed by atoms with van der Waals surface area (Å²) in [6, 6.07) is 7.28. The van der Waals surface area contributed by atoms with Crippen molar-refractivity contribution in [2.45, 2.75) is 25.4 Å². The molecular formula is C14H20FNO. The molecule has 0 aliphatic carbocycles. The highest BCUT2D eigenvalue weighted by Gasteiger charge is 2.19. The highest BCUT2D eigenvalue weighted by Crippen LogP contribution is 2.29. The summed E-state index contributed by atoms with van der Waals surface area (Å²) in [6.45, 7) is 2.03. The van der Waals surface area contributed by atoms with Gasteiger partial charge in [0.25, 0.3) is 0 Å². The molecule has 0 bridgehead atoms. The molecule has 2 unspecified atom stereocenters. The molecule has 0 aromatic heterocycles. The molecule has 2 atom stereocenters. The van der Waals surface area contributed by atoms with Gasteiger partial charge in [-0.05, 0) is 56.0 Å². The first kappa shape index (κ1) is 12.4. The topological polar surface area (TPSA) is 21.3 Å². The number of alkyl halides is 1. The first-order valence-electron chi connectivity index (χ1n) is 6.28. The molecule has 0 spiro atoms. The fourth-order valence-corrected chi connectivity index (χ4v) is 2.37. The van der Waals surface area contributed by atoms with Crippen LogP contribution in [-0.2, 0) is 0 Å². The number of piperidine rings is 1. The predicted octanol–water partition coefficient (Wildman–Crippen LogP) is 3.10. The molecule has 17 heavy (non-hydrogen) atoms. The minimum absolute atomic E-state index is 0.473. The van der Waals surface area contributed by atoms with Crippen molar-refractivity contribution in [3.05, 3.63) is 29.8 Å². The standard InChI is InChI=1S/C14H20FNO/c1-17-13-6-4-12(5-7-13)14(15)9-11-3-2-8-16-10-11/h4-7,11,14,16H,2-3,8-10H2,1H3. The second-order valence-corrected chi connectivity index (χ2v) is 4.69. The Morgan fingerprint density at radius 2 is 2.18 bits per heavy atom. The Labute approximate surface area is 102 Å². The number of halogens is 1. The van der Waals surface area contributed by atoms with Crippen LogP contribution in [0.15, 0.2) is 24.3 Å². The van der Waals surface area contributed by atoms with Crippen molar-refractivity contribution in [3.63, 3.8) is 0 Å². The summed E-state index contributed by atoms with van der Waals surface area (Å²) in [6.07, 6.45) is 2.08. The summed E-state index contributed by atoms with van der Waals surface area (Å²) in [5, 5.41) is 3.32. The Balaban J connectivity index is 1.91. The number of methoxy groups -OCH3 is 1. The van der Waals surface area contributed by atoms with Gasteiger partial charge in [0.1, 0.15) is 11.9 Å². The number of ether oxygens (including phenoxy) is 1. The molecule has 2 rings (SSSR count). The van der Waals surface area contributed by atoms with E-state index in [-0.39, 0.29) is 0 Å². The van der Waals surface area contributed by atoms with Crippen LogP contribution in [0.1, 0.15) is 31.0 Å². The van der Waals surface area contributed by atoms with E-state index in [1.54, 1.807) is 7.11 Å². The first-order valence-corrected chi connectivity index (χ1v) is 6.28. The second-order valence-electron chi connectivity index (χ2n) is 4.69. The van der Waals surface area contributed by atoms with Crippen molar-refractivity contribution >= 4 is 0 Å². The molecule has 3 heteroatoms. The molecule has 1 heterocycles. The molecule has 1 saturated heterocycles. The second kappa shape index (κ2) is 6.01. The summed E-state index contributed by atoms with van der Waals surface area (Å²) in [5.41, 5.74) is 0.761. The van der Waals surface area contributed by atoms with Crippen LogP contribution in [0.25, 0.3) is 0 Å². The van der Waals surface area contributed by atoms with Crippen LogP contribution in [0, 0.1) is 5.92 Å². The minimum Gasteiger partial charge on any atom is -0.497 e. The summed E-state index contributed by atoms with van der Waals surface area (Å²) in [5.74, 6) is 1.25. The quantitative estimate of drug-likeness (QED) is 0.868. The molecule has 1 aromatic carbocycles. The zero-order valence-corrected chi connectivity index (χ0v) is 10.3. The Morgan fingerprint density at radius 1 is 1.41 bits per heavy atom. The smallest absolute Gasteiger partial charge is 0.125 e. The monoisotopic (exact) mass is 237 g/mol. The lowest BCUT2D eigenvalue weighted by Crippen LogP contribution is -2.30. The summed E-state index contributed by atoms with van der Waals surface area (Å²) in [4.78, 5) is 0. The van der Waals surface area contributed by atoms with Gasteiger partial charge in [-0.15, -0.1) is 0 Å². The van der Waals surface area contributed by atoms with Crippen LogP contribution >= 0.6 is 0 Å². The Kier molecular flexibility index (Phi) is 4.37. The van der Waals surface area contributed by atoms with Gasteiger partial charge in [0.05, 0.1) is 7.11 Å². The van der Waals surface area contributed by atoms with E-state index in [0.717, 1.165) is 30.8 Å². The SMILES string of the molecule is COc1ccc(C(F)CC2CCCNC2)cc1. The average molecular weight is 237 g/mol. The summed E-state index contributed by atoms with van der Waals surface area (Å²) in [7, 11) is 1.62. The van der Waals surface area contributed by atoms with Gasteiger partial charge < -0.3 is 10.1 Å². The van der Waals surface area contributed by atoms with Crippen LogP contribution in [0.2, 0.25) is 0 Å². The molecule has 2 nitrogen and oxygen atoms in total. The van der Waals surface area contributed by atoms with Gasteiger partial charge in [-0.3, -0.25) is 0 Å². The molecule has 0 amide bonds. The lowest BCUT2D eigenvalue weighted by atomic mass is 9.91. The fourth-order valence-electron chi connectivity index (χ4n) is 2.37. The maximum atomic E-state index is 14.1. The molecule has 1 aliphatic rings. The summed E-state index contributed by atoms with van der Waals surface area (Å²) < 4.78 is 19.2. The van der Waals surface area contributed by atoms with E-state index in [4.69, 9.17) is 4.74 Å². The maximum absolute atomic E-state index is 14.1. The molecular weight excluding hydrogens is 217 g/mol. The van der Waals surface area contributed by atoms with Gasteiger partial charge in [0.15, 0.2) is 0 Å². The maximum Gasteiger partial charge on any atom is 0.125 e. The lowest BCUT2D eigenvalue weighted by Gasteiger charge is -2.24. The highest BCUT2D eigenvalue weighted by molar-refractivity contribution is 5.28. The van der Waals surface area contributed by atoms with Gasteiger partial charge in [-0.25, -0.2) is 4.39 Å². The van der Waals surface area contributed by atoms with Gasteiger partial charge in [0.2, 0.25) is 0 Å². The van der Waals surface area contributed by atoms with Crippen molar-refractivity contribution < 1.29 is 9.13 Å². The molecule has 0 saturated carbocycles. The molecule has 94 valence electrons. The van der Waals surface area contributed by atoms with Crippen molar-refractivity contribution in [1.82, 2.24) is 5.32 Å². The fraction of sp³-hybridized carbons (Fsp3) is 0.571. The largest absolute Gasteiger partial charge is 0.497 e. The van der Waals surface area contributed by atoms with Crippen LogP contribution in [0.4, 0.5) is 4.39 Å². The van der Waals surface area contributed by atoms with Crippen LogP contribution < -0.4 is 10.1 Å². The Morgan fingerprint density at radius 3 is 2.76 bits per heavy atom. The van der Waals surface area contributed by atoms with E-state index in [1.807, 2.05) is 24.3 Å². The number of benzene rings is 1. The Bertz CT molecular complexity index is 333. The predicted molar refractivity (Wildman–Crippen MR) is 67.1 cm³/mol. The van der Waals surface area contributed by atoms with Crippen LogP contribution in [0.5, 0.6) is 5.75 Å². The van der Waals surface area contributed by atoms with E-state index in [9.17, 15) is 4.39 Å². The van der Waals surface area contributed by atoms with E-state index < -0.39 is 6.17 Å². The first-order chi connectivity index (χ1) is 8.29. The third kappa shape index (κ3) is 3.43. The van der Waals surface area contributed by atoms with E-state index in [2.05, 4.69) is 5.32 Å². The van der Waals surface area contributed by atoms with Gasteiger partial charge in [-0.1, -0.05) is 12.1 Å². The van der Waals surface area contributed by atoms with Crippen LogP contribution in [-0.4, -0.2) is 20.2 Å². The van der Waals surface area contributed by atoms with Crippen molar-refractivity contribution in [1.29, 1.82) is 0 Å². The third-order valence-electron chi connectivity index (χ3n) is 3.42. The van der Waals surface area contributed by atoms with Gasteiger partial charge in [-0.2, -0.15) is 0 Å². The van der Waals surface area contributed by atoms with E-state index in [0.29, 0.717) is 12.3 Å². The molecule has 1 aromatic rings. The van der Waals surface area contributed by atoms with E-state index >= 15 is 0 Å². The molecule has 1 N–H and O–H groups in total. The van der Waals surface area contributed by atoms with Crippen molar-refractivity contribution in [2.75, 3.05) is 20.2 Å².